The van der Waals surface area contributed by atoms with Gasteiger partial charge in [-0.3, -0.25) is 9.59 Å². The smallest absolute Gasteiger partial charge is 0.263 e. The molecule has 0 fully saturated rings. The number of hydrogen-bond donors (Lipinski definition) is 3. The van der Waals surface area contributed by atoms with Gasteiger partial charge in [0.2, 0.25) is 0 Å². The third-order valence-electron chi connectivity index (χ3n) is 3.67. The molecule has 1 amide bonds. The highest BCUT2D eigenvalue weighted by Gasteiger charge is 2.10. The molecule has 9 heteroatoms. The van der Waals surface area contributed by atoms with Crippen molar-refractivity contribution in [3.8, 4) is 0 Å². The van der Waals surface area contributed by atoms with Crippen molar-refractivity contribution in [3.05, 3.63) is 70.8 Å². The molecule has 138 valence electrons. The molecule has 9 nitrogen and oxygen atoms in total. The summed E-state index contributed by atoms with van der Waals surface area (Å²) in [6.07, 6.45) is 3.29. The van der Waals surface area contributed by atoms with Crippen LogP contribution in [0.5, 0.6) is 0 Å². The van der Waals surface area contributed by atoms with Crippen molar-refractivity contribution in [2.24, 2.45) is 7.05 Å². The highest BCUT2D eigenvalue weighted by molar-refractivity contribution is 5.93. The summed E-state index contributed by atoms with van der Waals surface area (Å²) in [5.74, 6) is 1.43. The van der Waals surface area contributed by atoms with Gasteiger partial charge < -0.3 is 20.5 Å². The van der Waals surface area contributed by atoms with Gasteiger partial charge >= 0.3 is 0 Å². The van der Waals surface area contributed by atoms with Crippen molar-refractivity contribution < 1.29 is 4.79 Å². The predicted molar refractivity (Wildman–Crippen MR) is 102 cm³/mol. The summed E-state index contributed by atoms with van der Waals surface area (Å²) in [5.41, 5.74) is -0.213. The van der Waals surface area contributed by atoms with E-state index in [0.717, 1.165) is 0 Å². The quantitative estimate of drug-likeness (QED) is 0.538. The zero-order valence-electron chi connectivity index (χ0n) is 14.7. The van der Waals surface area contributed by atoms with E-state index in [0.29, 0.717) is 30.5 Å². The summed E-state index contributed by atoms with van der Waals surface area (Å²) in [4.78, 5) is 28.1. The van der Waals surface area contributed by atoms with E-state index in [4.69, 9.17) is 0 Å². The summed E-state index contributed by atoms with van der Waals surface area (Å²) >= 11 is 0. The fraction of sp³-hybridized carbons (Fsp3) is 0.167. The Bertz CT molecular complexity index is 955. The van der Waals surface area contributed by atoms with Crippen LogP contribution in [-0.4, -0.2) is 38.7 Å². The van der Waals surface area contributed by atoms with Crippen LogP contribution in [0.3, 0.4) is 0 Å². The average Bonchev–Trinajstić information content (AvgIpc) is 2.69. The maximum Gasteiger partial charge on any atom is 0.263 e. The highest BCUT2D eigenvalue weighted by atomic mass is 16.2. The highest BCUT2D eigenvalue weighted by Crippen LogP contribution is 2.11. The topological polar surface area (TPSA) is 114 Å². The minimum Gasteiger partial charge on any atom is -0.367 e. The van der Waals surface area contributed by atoms with Crippen LogP contribution in [0.1, 0.15) is 10.4 Å². The molecule has 3 rings (SSSR count). The standard InChI is InChI=1S/C18H19N7O2/c1-25-12-4-5-13(18(25)27)17(26)21-11-10-20-15-7-8-16(24-23-15)22-14-6-2-3-9-19-14/h2-9,12H,10-11H2,1H3,(H,20,23)(H,21,26)(H,19,22,24). The van der Waals surface area contributed by atoms with Gasteiger partial charge in [0.1, 0.15) is 17.2 Å². The molecule has 0 aliphatic carbocycles. The Morgan fingerprint density at radius 3 is 2.56 bits per heavy atom. The zero-order chi connectivity index (χ0) is 19.1. The lowest BCUT2D eigenvalue weighted by atomic mass is 10.2. The Morgan fingerprint density at radius 1 is 1.00 bits per heavy atom. The molecule has 0 saturated carbocycles. The van der Waals surface area contributed by atoms with Crippen LogP contribution < -0.4 is 21.5 Å². The van der Waals surface area contributed by atoms with Crippen LogP contribution in [0.2, 0.25) is 0 Å². The van der Waals surface area contributed by atoms with E-state index < -0.39 is 5.91 Å². The largest absolute Gasteiger partial charge is 0.367 e. The van der Waals surface area contributed by atoms with Crippen LogP contribution in [0.25, 0.3) is 0 Å². The first-order valence-electron chi connectivity index (χ1n) is 8.33. The van der Waals surface area contributed by atoms with E-state index in [1.54, 1.807) is 37.6 Å². The molecule has 0 unspecified atom stereocenters. The monoisotopic (exact) mass is 365 g/mol. The molecule has 3 aromatic heterocycles. The van der Waals surface area contributed by atoms with Crippen LogP contribution in [0.15, 0.2) is 59.7 Å². The van der Waals surface area contributed by atoms with Gasteiger partial charge in [-0.05, 0) is 36.4 Å². The maximum absolute atomic E-state index is 12.1. The lowest BCUT2D eigenvalue weighted by Crippen LogP contribution is -2.34. The average molecular weight is 365 g/mol. The summed E-state index contributed by atoms with van der Waals surface area (Å²) < 4.78 is 1.36. The molecule has 3 aromatic rings. The SMILES string of the molecule is Cn1cccc(C(=O)NCCNc2ccc(Nc3ccccn3)nn2)c1=O. The molecule has 0 spiro atoms. The lowest BCUT2D eigenvalue weighted by Gasteiger charge is -2.08. The van der Waals surface area contributed by atoms with Crippen LogP contribution in [0.4, 0.5) is 17.5 Å². The number of aryl methyl sites for hydroxylation is 1. The van der Waals surface area contributed by atoms with Gasteiger partial charge in [0.25, 0.3) is 11.5 Å². The number of carbonyl (C=O) groups is 1. The number of carbonyl (C=O) groups excluding carboxylic acids is 1. The number of hydrogen-bond acceptors (Lipinski definition) is 7. The van der Waals surface area contributed by atoms with Gasteiger partial charge in [-0.25, -0.2) is 4.98 Å². The Morgan fingerprint density at radius 2 is 1.81 bits per heavy atom. The summed E-state index contributed by atoms with van der Waals surface area (Å²) in [7, 11) is 1.60. The summed E-state index contributed by atoms with van der Waals surface area (Å²) in [5, 5.41) is 16.9. The van der Waals surface area contributed by atoms with E-state index in [9.17, 15) is 9.59 Å². The van der Waals surface area contributed by atoms with E-state index in [1.807, 2.05) is 18.2 Å². The second kappa shape index (κ2) is 8.56. The van der Waals surface area contributed by atoms with E-state index in [2.05, 4.69) is 31.1 Å². The molecule has 0 radical (unpaired) electrons. The molecule has 3 heterocycles. The van der Waals surface area contributed by atoms with Crippen LogP contribution in [-0.2, 0) is 7.05 Å². The first-order chi connectivity index (χ1) is 13.1. The van der Waals surface area contributed by atoms with Gasteiger partial charge in [-0.2, -0.15) is 0 Å². The number of nitrogens with zero attached hydrogens (tertiary/aromatic N) is 4. The second-order valence-electron chi connectivity index (χ2n) is 5.66. The Kier molecular flexibility index (Phi) is 5.73. The van der Waals surface area contributed by atoms with Gasteiger partial charge in [0.15, 0.2) is 5.82 Å². The first kappa shape index (κ1) is 18.1. The van der Waals surface area contributed by atoms with Crippen molar-refractivity contribution in [2.75, 3.05) is 23.7 Å². The molecule has 27 heavy (non-hydrogen) atoms. The molecular weight excluding hydrogens is 346 g/mol. The number of aromatic nitrogens is 4. The minimum absolute atomic E-state index is 0.116. The first-order valence-corrected chi connectivity index (χ1v) is 8.33. The number of amides is 1. The maximum atomic E-state index is 12.1. The Balaban J connectivity index is 1.46. The fourth-order valence-corrected chi connectivity index (χ4v) is 2.29. The van der Waals surface area contributed by atoms with E-state index >= 15 is 0 Å². The van der Waals surface area contributed by atoms with E-state index in [1.165, 1.54) is 10.6 Å². The summed E-state index contributed by atoms with van der Waals surface area (Å²) in [6.45, 7) is 0.785. The summed E-state index contributed by atoms with van der Waals surface area (Å²) in [6, 6.07) is 12.2. The van der Waals surface area contributed by atoms with Crippen molar-refractivity contribution in [3.63, 3.8) is 0 Å². The van der Waals surface area contributed by atoms with Crippen LogP contribution >= 0.6 is 0 Å². The lowest BCUT2D eigenvalue weighted by molar-refractivity contribution is 0.0953. The number of anilines is 3. The Hall–Kier alpha value is -3.75. The van der Waals surface area contributed by atoms with Gasteiger partial charge in [-0.15, -0.1) is 10.2 Å². The predicted octanol–water partition coefficient (Wildman–Crippen LogP) is 1.16. The fourth-order valence-electron chi connectivity index (χ4n) is 2.29. The number of pyridine rings is 2. The number of nitrogens with one attached hydrogen (secondary N) is 3. The van der Waals surface area contributed by atoms with Crippen molar-refractivity contribution in [1.29, 1.82) is 0 Å². The van der Waals surface area contributed by atoms with Gasteiger partial charge in [0, 0.05) is 32.5 Å². The molecule has 3 N–H and O–H groups in total. The molecule has 0 saturated heterocycles. The van der Waals surface area contributed by atoms with Crippen molar-refractivity contribution in [2.45, 2.75) is 0 Å². The molecule has 0 atom stereocenters. The normalized spacial score (nSPS) is 10.3. The minimum atomic E-state index is -0.404. The molecule has 0 aliphatic rings. The Labute approximate surface area is 155 Å². The molecule has 0 aromatic carbocycles. The van der Waals surface area contributed by atoms with Crippen molar-refractivity contribution in [1.82, 2.24) is 25.1 Å². The second-order valence-corrected chi connectivity index (χ2v) is 5.66. The van der Waals surface area contributed by atoms with Gasteiger partial charge in [0.05, 0.1) is 0 Å². The third kappa shape index (κ3) is 4.88. The molecule has 0 bridgehead atoms. The van der Waals surface area contributed by atoms with Crippen LogP contribution in [0, 0.1) is 0 Å². The zero-order valence-corrected chi connectivity index (χ0v) is 14.7. The van der Waals surface area contributed by atoms with Gasteiger partial charge in [-0.1, -0.05) is 6.07 Å². The molecule has 0 aliphatic heterocycles. The molecular formula is C18H19N7O2. The van der Waals surface area contributed by atoms with E-state index in [-0.39, 0.29) is 11.1 Å². The third-order valence-corrected chi connectivity index (χ3v) is 3.67. The number of rotatable bonds is 7. The van der Waals surface area contributed by atoms with Crippen molar-refractivity contribution >= 4 is 23.4 Å².